The average Bonchev–Trinajstić information content (AvgIpc) is 3.24. The van der Waals surface area contributed by atoms with Crippen LogP contribution in [0, 0.1) is 5.92 Å². The molecule has 1 atom stereocenters. The van der Waals surface area contributed by atoms with Crippen molar-refractivity contribution >= 4 is 11.6 Å². The number of nitrogens with one attached hydrogen (secondary N) is 1. The van der Waals surface area contributed by atoms with Crippen LogP contribution >= 0.6 is 0 Å². The molecule has 1 amide bonds. The van der Waals surface area contributed by atoms with E-state index in [1.807, 2.05) is 42.6 Å². The minimum absolute atomic E-state index is 0.00754. The van der Waals surface area contributed by atoms with Gasteiger partial charge in [0.1, 0.15) is 0 Å². The van der Waals surface area contributed by atoms with Gasteiger partial charge in [0.25, 0.3) is 0 Å². The molecule has 5 nitrogen and oxygen atoms in total. The number of hydrogen-bond acceptors (Lipinski definition) is 3. The Hall–Kier alpha value is -2.92. The van der Waals surface area contributed by atoms with Gasteiger partial charge in [-0.15, -0.1) is 0 Å². The minimum Gasteiger partial charge on any atom is -0.324 e. The van der Waals surface area contributed by atoms with Crippen molar-refractivity contribution in [3.63, 3.8) is 0 Å². The molecule has 1 N–H and O–H groups in total. The molecule has 1 aliphatic rings. The molecule has 1 fully saturated rings. The molecule has 3 aromatic rings. The Morgan fingerprint density at radius 3 is 2.70 bits per heavy atom. The molecule has 1 saturated heterocycles. The maximum absolute atomic E-state index is 12.9. The van der Waals surface area contributed by atoms with Crippen molar-refractivity contribution in [1.29, 1.82) is 0 Å². The van der Waals surface area contributed by atoms with Crippen LogP contribution in [0.1, 0.15) is 18.4 Å². The molecule has 138 valence electrons. The van der Waals surface area contributed by atoms with Gasteiger partial charge in [0, 0.05) is 25.5 Å². The lowest BCUT2D eigenvalue weighted by atomic mass is 9.96. The summed E-state index contributed by atoms with van der Waals surface area (Å²) in [4.78, 5) is 15.3. The van der Waals surface area contributed by atoms with Gasteiger partial charge >= 0.3 is 0 Å². The van der Waals surface area contributed by atoms with E-state index >= 15 is 0 Å². The molecule has 0 bridgehead atoms. The third kappa shape index (κ3) is 4.26. The molecule has 0 saturated carbocycles. The third-order valence-corrected chi connectivity index (χ3v) is 5.04. The maximum atomic E-state index is 12.9. The summed E-state index contributed by atoms with van der Waals surface area (Å²) < 4.78 is 1.78. The quantitative estimate of drug-likeness (QED) is 0.754. The van der Waals surface area contributed by atoms with Crippen LogP contribution < -0.4 is 5.32 Å². The van der Waals surface area contributed by atoms with E-state index in [9.17, 15) is 4.79 Å². The molecule has 0 aliphatic carbocycles. The molecule has 1 aliphatic heterocycles. The first-order chi connectivity index (χ1) is 13.3. The highest BCUT2D eigenvalue weighted by molar-refractivity contribution is 5.94. The Labute approximate surface area is 159 Å². The van der Waals surface area contributed by atoms with Crippen molar-refractivity contribution in [2.45, 2.75) is 19.4 Å². The molecule has 0 radical (unpaired) electrons. The minimum atomic E-state index is 0.00754. The van der Waals surface area contributed by atoms with E-state index in [2.05, 4.69) is 39.6 Å². The standard InChI is InChI=1S/C22H24N4O/c27-22(24-20-11-4-5-12-21(20)26-15-7-13-23-26)19-10-6-14-25(17-19)16-18-8-2-1-3-9-18/h1-5,7-9,11-13,15,19H,6,10,14,16-17H2,(H,24,27). The lowest BCUT2D eigenvalue weighted by Gasteiger charge is -2.32. The summed E-state index contributed by atoms with van der Waals surface area (Å²) in [5.74, 6) is 0.0977. The molecule has 1 aromatic heterocycles. The summed E-state index contributed by atoms with van der Waals surface area (Å²) in [6, 6.07) is 20.1. The fourth-order valence-electron chi connectivity index (χ4n) is 3.68. The summed E-state index contributed by atoms with van der Waals surface area (Å²) in [5.41, 5.74) is 2.97. The molecule has 1 unspecified atom stereocenters. The van der Waals surface area contributed by atoms with E-state index in [0.717, 1.165) is 43.9 Å². The molecule has 4 rings (SSSR count). The van der Waals surface area contributed by atoms with E-state index in [0.29, 0.717) is 0 Å². The van der Waals surface area contributed by atoms with E-state index in [1.165, 1.54) is 5.56 Å². The van der Waals surface area contributed by atoms with Crippen LogP contribution in [0.3, 0.4) is 0 Å². The number of likely N-dealkylation sites (tertiary alicyclic amines) is 1. The Morgan fingerprint density at radius 1 is 1.07 bits per heavy atom. The van der Waals surface area contributed by atoms with Gasteiger partial charge in [-0.05, 0) is 43.1 Å². The van der Waals surface area contributed by atoms with Crippen molar-refractivity contribution in [3.8, 4) is 5.69 Å². The topological polar surface area (TPSA) is 50.2 Å². The van der Waals surface area contributed by atoms with Crippen LogP contribution in [0.15, 0.2) is 73.1 Å². The molecular weight excluding hydrogens is 336 g/mol. The second kappa shape index (κ2) is 8.18. The van der Waals surface area contributed by atoms with E-state index in [4.69, 9.17) is 0 Å². The Bertz CT molecular complexity index is 876. The number of amides is 1. The Kier molecular flexibility index (Phi) is 5.30. The van der Waals surface area contributed by atoms with Crippen molar-refractivity contribution in [2.75, 3.05) is 18.4 Å². The van der Waals surface area contributed by atoms with Crippen LogP contribution in [0.4, 0.5) is 5.69 Å². The predicted octanol–water partition coefficient (Wildman–Crippen LogP) is 3.72. The summed E-state index contributed by atoms with van der Waals surface area (Å²) in [5, 5.41) is 7.41. The molecule has 0 spiro atoms. The molecule has 2 heterocycles. The average molecular weight is 360 g/mol. The number of carbonyl (C=O) groups is 1. The Balaban J connectivity index is 1.43. The zero-order valence-corrected chi connectivity index (χ0v) is 15.3. The summed E-state index contributed by atoms with van der Waals surface area (Å²) in [6.45, 7) is 2.74. The molecular formula is C22H24N4O. The van der Waals surface area contributed by atoms with Gasteiger partial charge in [-0.1, -0.05) is 42.5 Å². The van der Waals surface area contributed by atoms with Crippen molar-refractivity contribution < 1.29 is 4.79 Å². The second-order valence-corrected chi connectivity index (χ2v) is 7.02. The first-order valence-corrected chi connectivity index (χ1v) is 9.46. The fraction of sp³-hybridized carbons (Fsp3) is 0.273. The number of aromatic nitrogens is 2. The SMILES string of the molecule is O=C(Nc1ccccc1-n1cccn1)C1CCCN(Cc2ccccc2)C1. The monoisotopic (exact) mass is 360 g/mol. The van der Waals surface area contributed by atoms with Crippen LogP contribution in [0.25, 0.3) is 5.69 Å². The van der Waals surface area contributed by atoms with Crippen molar-refractivity contribution in [3.05, 3.63) is 78.6 Å². The second-order valence-electron chi connectivity index (χ2n) is 7.02. The first-order valence-electron chi connectivity index (χ1n) is 9.46. The smallest absolute Gasteiger partial charge is 0.228 e. The molecule has 27 heavy (non-hydrogen) atoms. The lowest BCUT2D eigenvalue weighted by molar-refractivity contribution is -0.121. The van der Waals surface area contributed by atoms with Gasteiger partial charge in [0.05, 0.1) is 17.3 Å². The summed E-state index contributed by atoms with van der Waals surface area (Å²) in [7, 11) is 0. The number of nitrogens with zero attached hydrogens (tertiary/aromatic N) is 3. The highest BCUT2D eigenvalue weighted by Crippen LogP contribution is 2.23. The normalized spacial score (nSPS) is 17.6. The first kappa shape index (κ1) is 17.5. The highest BCUT2D eigenvalue weighted by atomic mass is 16.1. The predicted molar refractivity (Wildman–Crippen MR) is 107 cm³/mol. The number of piperidine rings is 1. The summed E-state index contributed by atoms with van der Waals surface area (Å²) in [6.07, 6.45) is 5.60. The van der Waals surface area contributed by atoms with Gasteiger partial charge in [0.2, 0.25) is 5.91 Å². The van der Waals surface area contributed by atoms with Crippen LogP contribution in [-0.2, 0) is 11.3 Å². The lowest BCUT2D eigenvalue weighted by Crippen LogP contribution is -2.40. The van der Waals surface area contributed by atoms with Crippen molar-refractivity contribution in [1.82, 2.24) is 14.7 Å². The largest absolute Gasteiger partial charge is 0.324 e. The number of hydrogen-bond donors (Lipinski definition) is 1. The fourth-order valence-corrected chi connectivity index (χ4v) is 3.68. The van der Waals surface area contributed by atoms with E-state index < -0.39 is 0 Å². The highest BCUT2D eigenvalue weighted by Gasteiger charge is 2.26. The van der Waals surface area contributed by atoms with Gasteiger partial charge < -0.3 is 5.32 Å². The Morgan fingerprint density at radius 2 is 1.89 bits per heavy atom. The maximum Gasteiger partial charge on any atom is 0.228 e. The molecule has 2 aromatic carbocycles. The van der Waals surface area contributed by atoms with E-state index in [1.54, 1.807) is 10.9 Å². The number of para-hydroxylation sites is 2. The molecule has 5 heteroatoms. The van der Waals surface area contributed by atoms with Gasteiger partial charge in [0.15, 0.2) is 0 Å². The van der Waals surface area contributed by atoms with E-state index in [-0.39, 0.29) is 11.8 Å². The van der Waals surface area contributed by atoms with Crippen LogP contribution in [0.5, 0.6) is 0 Å². The van der Waals surface area contributed by atoms with Gasteiger partial charge in [-0.2, -0.15) is 5.10 Å². The third-order valence-electron chi connectivity index (χ3n) is 5.04. The number of anilines is 1. The van der Waals surface area contributed by atoms with Crippen LogP contribution in [0.2, 0.25) is 0 Å². The zero-order chi connectivity index (χ0) is 18.5. The zero-order valence-electron chi connectivity index (χ0n) is 15.3. The number of carbonyl (C=O) groups excluding carboxylic acids is 1. The van der Waals surface area contributed by atoms with Crippen molar-refractivity contribution in [2.24, 2.45) is 5.92 Å². The summed E-state index contributed by atoms with van der Waals surface area (Å²) >= 11 is 0. The van der Waals surface area contributed by atoms with Gasteiger partial charge in [-0.3, -0.25) is 9.69 Å². The number of benzene rings is 2. The number of rotatable bonds is 5. The van der Waals surface area contributed by atoms with Crippen LogP contribution in [-0.4, -0.2) is 33.7 Å². The van der Waals surface area contributed by atoms with Gasteiger partial charge in [-0.25, -0.2) is 4.68 Å².